The number of hydrogen-bond acceptors (Lipinski definition) is 4. The first-order valence-corrected chi connectivity index (χ1v) is 12.7. The molecule has 0 saturated heterocycles. The summed E-state index contributed by atoms with van der Waals surface area (Å²) in [5, 5.41) is 4.89. The number of benzene rings is 3. The van der Waals surface area contributed by atoms with Gasteiger partial charge in [0.1, 0.15) is 22.8 Å². The van der Waals surface area contributed by atoms with Gasteiger partial charge in [-0.25, -0.2) is 9.37 Å². The van der Waals surface area contributed by atoms with Crippen LogP contribution >= 0.6 is 0 Å². The maximum absolute atomic E-state index is 14.0. The van der Waals surface area contributed by atoms with Gasteiger partial charge in [0.05, 0.1) is 24.5 Å². The highest BCUT2D eigenvalue weighted by atomic mass is 19.1. The minimum atomic E-state index is -1.42. The van der Waals surface area contributed by atoms with Gasteiger partial charge in [-0.1, -0.05) is 18.2 Å². The van der Waals surface area contributed by atoms with Crippen LogP contribution in [0.1, 0.15) is 42.9 Å². The van der Waals surface area contributed by atoms with E-state index in [4.69, 9.17) is 4.74 Å². The van der Waals surface area contributed by atoms with Crippen molar-refractivity contribution in [1.29, 1.82) is 0 Å². The van der Waals surface area contributed by atoms with Crippen LogP contribution in [0.3, 0.4) is 0 Å². The van der Waals surface area contributed by atoms with Gasteiger partial charge in [-0.2, -0.15) is 0 Å². The Labute approximate surface area is 224 Å². The molecule has 2 amide bonds. The third-order valence-electron chi connectivity index (χ3n) is 7.41. The number of aromatic nitrogens is 2. The van der Waals surface area contributed by atoms with E-state index in [1.54, 1.807) is 44.5 Å². The van der Waals surface area contributed by atoms with Crippen LogP contribution in [0, 0.1) is 5.82 Å². The molecular formula is C31H27FN4O3. The lowest BCUT2D eigenvalue weighted by molar-refractivity contribution is -0.122. The molecule has 0 unspecified atom stereocenters. The number of nitrogens with zero attached hydrogens (tertiary/aromatic N) is 3. The fraction of sp³-hybridized carbons (Fsp3) is 0.194. The molecule has 196 valence electrons. The Balaban J connectivity index is 1.43. The van der Waals surface area contributed by atoms with Gasteiger partial charge in [0.15, 0.2) is 0 Å². The number of fused-ring (bicyclic) bond motifs is 4. The molecule has 1 N–H and O–H groups in total. The molecule has 2 aromatic heterocycles. The van der Waals surface area contributed by atoms with E-state index in [1.165, 1.54) is 29.2 Å². The average molecular weight is 523 g/mol. The van der Waals surface area contributed by atoms with Gasteiger partial charge in [0, 0.05) is 33.6 Å². The molecule has 3 aromatic carbocycles. The van der Waals surface area contributed by atoms with Gasteiger partial charge in [-0.15, -0.1) is 0 Å². The zero-order valence-corrected chi connectivity index (χ0v) is 22.0. The van der Waals surface area contributed by atoms with Crippen molar-refractivity contribution in [3.05, 3.63) is 96.1 Å². The molecule has 1 aliphatic heterocycles. The van der Waals surface area contributed by atoms with Gasteiger partial charge in [-0.3, -0.25) is 14.5 Å². The number of halogens is 1. The summed E-state index contributed by atoms with van der Waals surface area (Å²) < 4.78 is 21.3. The summed E-state index contributed by atoms with van der Waals surface area (Å²) in [6.45, 7) is 5.88. The monoisotopic (exact) mass is 522 g/mol. The lowest BCUT2D eigenvalue weighted by Gasteiger charge is -2.26. The lowest BCUT2D eigenvalue weighted by atomic mass is 9.93. The number of anilines is 2. The summed E-state index contributed by atoms with van der Waals surface area (Å²) >= 11 is 0. The largest absolute Gasteiger partial charge is 0.497 e. The smallest absolute Gasteiger partial charge is 0.271 e. The first kappa shape index (κ1) is 24.6. The molecule has 5 aromatic rings. The molecule has 6 rings (SSSR count). The van der Waals surface area contributed by atoms with Crippen molar-refractivity contribution in [2.75, 3.05) is 12.0 Å². The van der Waals surface area contributed by atoms with Crippen molar-refractivity contribution in [2.45, 2.75) is 32.4 Å². The zero-order chi connectivity index (χ0) is 27.5. The molecule has 0 radical (unpaired) electrons. The highest BCUT2D eigenvalue weighted by Crippen LogP contribution is 2.46. The van der Waals surface area contributed by atoms with E-state index >= 15 is 0 Å². The van der Waals surface area contributed by atoms with Crippen LogP contribution in [0.15, 0.2) is 79.0 Å². The summed E-state index contributed by atoms with van der Waals surface area (Å²) in [5.41, 5.74) is 2.43. The Morgan fingerprint density at radius 3 is 2.46 bits per heavy atom. The Bertz CT molecular complexity index is 1780. The summed E-state index contributed by atoms with van der Waals surface area (Å²) in [5.74, 6) is -0.715. The number of amides is 2. The minimum absolute atomic E-state index is 0.202. The molecule has 1 atom stereocenters. The topological polar surface area (TPSA) is 76.5 Å². The van der Waals surface area contributed by atoms with E-state index in [0.29, 0.717) is 22.7 Å². The predicted octanol–water partition coefficient (Wildman–Crippen LogP) is 6.24. The first-order valence-electron chi connectivity index (χ1n) is 12.7. The Hall–Kier alpha value is -4.72. The molecule has 7 nitrogen and oxygen atoms in total. The molecule has 8 heteroatoms. The third kappa shape index (κ3) is 3.74. The quantitative estimate of drug-likeness (QED) is 0.296. The Morgan fingerprint density at radius 2 is 1.74 bits per heavy atom. The number of ether oxygens (including phenoxy) is 1. The average Bonchev–Trinajstić information content (AvgIpc) is 3.38. The van der Waals surface area contributed by atoms with E-state index in [9.17, 15) is 14.0 Å². The fourth-order valence-electron chi connectivity index (χ4n) is 5.52. The number of carbonyl (C=O) groups excluding carboxylic acids is 2. The van der Waals surface area contributed by atoms with Gasteiger partial charge in [0.2, 0.25) is 0 Å². The summed E-state index contributed by atoms with van der Waals surface area (Å²) in [7, 11) is 1.54. The number of para-hydroxylation sites is 1. The minimum Gasteiger partial charge on any atom is -0.497 e. The number of methoxy groups -OCH3 is 1. The molecule has 39 heavy (non-hydrogen) atoms. The van der Waals surface area contributed by atoms with E-state index < -0.39 is 17.3 Å². The maximum atomic E-state index is 14.0. The van der Waals surface area contributed by atoms with Gasteiger partial charge in [0.25, 0.3) is 11.8 Å². The lowest BCUT2D eigenvalue weighted by Crippen LogP contribution is -2.50. The van der Waals surface area contributed by atoms with Crippen molar-refractivity contribution < 1.29 is 18.7 Å². The van der Waals surface area contributed by atoms with Crippen LogP contribution in [0.4, 0.5) is 15.8 Å². The molecule has 0 spiro atoms. The summed E-state index contributed by atoms with van der Waals surface area (Å²) in [4.78, 5) is 33.6. The fourth-order valence-corrected chi connectivity index (χ4v) is 5.52. The van der Waals surface area contributed by atoms with Gasteiger partial charge < -0.3 is 14.6 Å². The van der Waals surface area contributed by atoms with E-state index in [0.717, 1.165) is 21.8 Å². The molecule has 1 aliphatic rings. The first-order chi connectivity index (χ1) is 18.7. The van der Waals surface area contributed by atoms with Crippen LogP contribution < -0.4 is 15.0 Å². The Kier molecular flexibility index (Phi) is 5.64. The third-order valence-corrected chi connectivity index (χ3v) is 7.41. The second-order valence-electron chi connectivity index (χ2n) is 10.1. The van der Waals surface area contributed by atoms with Crippen molar-refractivity contribution in [2.24, 2.45) is 0 Å². The molecule has 0 fully saturated rings. The van der Waals surface area contributed by atoms with Crippen molar-refractivity contribution in [1.82, 2.24) is 14.9 Å². The number of pyridine rings is 1. The number of hydrogen-bond donors (Lipinski definition) is 1. The standard InChI is InChI=1S/C31H27FN4O3/c1-18(2)35-26-8-6-5-7-22(26)23-16-25(33-17-28(23)35)29(37)34-31(3)24-15-21(39-4)13-14-27(24)36(30(31)38)20-11-9-19(32)10-12-20/h5-18H,1-4H3,(H,34,37)/t31-/m0/s1. The normalized spacial score (nSPS) is 16.8. The molecule has 0 aliphatic carbocycles. The van der Waals surface area contributed by atoms with Crippen molar-refractivity contribution in [3.63, 3.8) is 0 Å². The second-order valence-corrected chi connectivity index (χ2v) is 10.1. The van der Waals surface area contributed by atoms with E-state index in [2.05, 4.69) is 34.8 Å². The van der Waals surface area contributed by atoms with Crippen LogP contribution in [0.5, 0.6) is 5.75 Å². The number of carbonyl (C=O) groups is 2. The van der Waals surface area contributed by atoms with Crippen LogP contribution in [-0.2, 0) is 10.3 Å². The predicted molar refractivity (Wildman–Crippen MR) is 149 cm³/mol. The summed E-state index contributed by atoms with van der Waals surface area (Å²) in [6, 6.07) is 20.9. The molecule has 0 bridgehead atoms. The van der Waals surface area contributed by atoms with E-state index in [-0.39, 0.29) is 17.6 Å². The van der Waals surface area contributed by atoms with Crippen molar-refractivity contribution in [3.8, 4) is 5.75 Å². The van der Waals surface area contributed by atoms with Crippen LogP contribution in [0.2, 0.25) is 0 Å². The highest BCUT2D eigenvalue weighted by Gasteiger charge is 2.49. The van der Waals surface area contributed by atoms with E-state index in [1.807, 2.05) is 18.2 Å². The second kappa shape index (κ2) is 8.94. The molecular weight excluding hydrogens is 495 g/mol. The van der Waals surface area contributed by atoms with Crippen LogP contribution in [-0.4, -0.2) is 28.5 Å². The molecule has 0 saturated carbocycles. The maximum Gasteiger partial charge on any atom is 0.271 e. The SMILES string of the molecule is COc1ccc2c(c1)[C@](C)(NC(=O)c1cc3c4ccccc4n(C(C)C)c3cn1)C(=O)N2c1ccc(F)cc1. The van der Waals surface area contributed by atoms with Gasteiger partial charge in [-0.05, 0) is 75.4 Å². The number of rotatable bonds is 5. The van der Waals surface area contributed by atoms with Crippen molar-refractivity contribution >= 4 is 45.0 Å². The highest BCUT2D eigenvalue weighted by molar-refractivity contribution is 6.15. The zero-order valence-electron chi connectivity index (χ0n) is 22.0. The summed E-state index contributed by atoms with van der Waals surface area (Å²) in [6.07, 6.45) is 1.71. The number of nitrogens with one attached hydrogen (secondary N) is 1. The van der Waals surface area contributed by atoms with Crippen LogP contribution in [0.25, 0.3) is 21.8 Å². The Morgan fingerprint density at radius 1 is 1.00 bits per heavy atom. The van der Waals surface area contributed by atoms with Gasteiger partial charge >= 0.3 is 0 Å². The molecule has 3 heterocycles.